The van der Waals surface area contributed by atoms with Crippen LogP contribution in [-0.2, 0) is 0 Å². The van der Waals surface area contributed by atoms with Crippen LogP contribution >= 0.6 is 52.0 Å². The van der Waals surface area contributed by atoms with Gasteiger partial charge in [0.2, 0.25) is 0 Å². The van der Waals surface area contributed by atoms with Gasteiger partial charge in [0.1, 0.15) is 0 Å². The van der Waals surface area contributed by atoms with Crippen molar-refractivity contribution in [3.8, 4) is 0 Å². The summed E-state index contributed by atoms with van der Waals surface area (Å²) in [6.45, 7) is 2.10. The van der Waals surface area contributed by atoms with Crippen LogP contribution in [-0.4, -0.2) is 6.16 Å². The summed E-state index contributed by atoms with van der Waals surface area (Å²) in [7, 11) is 0. The van der Waals surface area contributed by atoms with Gasteiger partial charge in [-0.25, -0.2) is 0 Å². The molecule has 25 heavy (non-hydrogen) atoms. The van der Waals surface area contributed by atoms with Crippen LogP contribution in [0.3, 0.4) is 0 Å². The first-order valence-electron chi connectivity index (χ1n) is 7.89. The number of halogens is 4. The average molecular weight is 430 g/mol. The quantitative estimate of drug-likeness (QED) is 0.407. The third-order valence-corrected chi connectivity index (χ3v) is 13.1. The molecule has 0 nitrogen and oxygen atoms in total. The molecule has 0 spiro atoms. The van der Waals surface area contributed by atoms with Crippen molar-refractivity contribution in [2.75, 3.05) is 6.16 Å². The Kier molecular flexibility index (Phi) is 5.41. The first-order chi connectivity index (χ1) is 11.9. The summed E-state index contributed by atoms with van der Waals surface area (Å²) in [4.78, 5) is 0. The van der Waals surface area contributed by atoms with Crippen LogP contribution in [0.1, 0.15) is 6.92 Å². The molecule has 130 valence electrons. The Morgan fingerprint density at radius 2 is 0.960 bits per heavy atom. The molecule has 0 aromatic heterocycles. The van der Waals surface area contributed by atoms with Crippen LogP contribution in [0.4, 0.5) is 0 Å². The van der Waals surface area contributed by atoms with Gasteiger partial charge >= 0.3 is 169 Å². The van der Waals surface area contributed by atoms with Crippen molar-refractivity contribution in [1.29, 1.82) is 0 Å². The van der Waals surface area contributed by atoms with Crippen LogP contribution in [0, 0.1) is 0 Å². The predicted molar refractivity (Wildman–Crippen MR) is 117 cm³/mol. The first kappa shape index (κ1) is 19.0. The van der Waals surface area contributed by atoms with E-state index >= 15 is 0 Å². The van der Waals surface area contributed by atoms with E-state index in [1.54, 1.807) is 0 Å². The van der Waals surface area contributed by atoms with E-state index in [0.29, 0.717) is 21.2 Å². The van der Waals surface area contributed by atoms with E-state index in [2.05, 4.69) is 6.92 Å². The maximum absolute atomic E-state index is 7.73. The molecular formula is C20H17Cl4P. The van der Waals surface area contributed by atoms with Gasteiger partial charge in [-0.2, -0.15) is 0 Å². The van der Waals surface area contributed by atoms with E-state index in [9.17, 15) is 0 Å². The molecule has 0 fully saturated rings. The Balaban J connectivity index is 2.46. The molecule has 0 bridgehead atoms. The van der Waals surface area contributed by atoms with Crippen LogP contribution in [0.25, 0.3) is 0 Å². The van der Waals surface area contributed by atoms with Gasteiger partial charge in [0.15, 0.2) is 0 Å². The van der Waals surface area contributed by atoms with E-state index in [1.807, 2.05) is 72.8 Å². The molecule has 0 saturated heterocycles. The Morgan fingerprint density at radius 1 is 0.640 bits per heavy atom. The monoisotopic (exact) mass is 428 g/mol. The second-order valence-corrected chi connectivity index (χ2v) is 14.0. The van der Waals surface area contributed by atoms with Crippen molar-refractivity contribution in [2.45, 2.75) is 6.92 Å². The minimum atomic E-state index is -3.28. The van der Waals surface area contributed by atoms with Gasteiger partial charge in [0, 0.05) is 0 Å². The fourth-order valence-electron chi connectivity index (χ4n) is 3.29. The molecule has 0 radical (unpaired) electrons. The van der Waals surface area contributed by atoms with Gasteiger partial charge in [0.05, 0.1) is 0 Å². The van der Waals surface area contributed by atoms with Gasteiger partial charge in [-0.05, 0) is 0 Å². The van der Waals surface area contributed by atoms with Crippen LogP contribution in [0.5, 0.6) is 0 Å². The van der Waals surface area contributed by atoms with Crippen molar-refractivity contribution < 1.29 is 0 Å². The zero-order valence-corrected chi connectivity index (χ0v) is 17.5. The van der Waals surface area contributed by atoms with Gasteiger partial charge in [0.25, 0.3) is 0 Å². The molecule has 3 aromatic carbocycles. The normalized spacial score (nSPS) is 13.2. The number of benzene rings is 3. The molecular weight excluding hydrogens is 413 g/mol. The van der Waals surface area contributed by atoms with E-state index in [1.165, 1.54) is 0 Å². The Labute approximate surface area is 168 Å². The van der Waals surface area contributed by atoms with E-state index in [4.69, 9.17) is 46.0 Å². The van der Waals surface area contributed by atoms with Gasteiger partial charge in [-0.15, -0.1) is 0 Å². The van der Waals surface area contributed by atoms with Crippen molar-refractivity contribution in [3.05, 3.63) is 87.9 Å². The zero-order valence-electron chi connectivity index (χ0n) is 13.6. The summed E-state index contributed by atoms with van der Waals surface area (Å²) in [5, 5.41) is 4.99. The molecule has 0 unspecified atom stereocenters. The Hall–Kier alpha value is -0.750. The molecule has 0 aliphatic rings. The van der Waals surface area contributed by atoms with E-state index in [0.717, 1.165) is 15.9 Å². The minimum absolute atomic E-state index is 0.657. The second-order valence-electron chi connectivity index (χ2n) is 5.94. The molecule has 3 rings (SSSR count). The maximum atomic E-state index is 7.73. The van der Waals surface area contributed by atoms with Gasteiger partial charge in [-0.3, -0.25) is 0 Å². The first-order valence-corrected chi connectivity index (χ1v) is 12.4. The molecule has 0 heterocycles. The summed E-state index contributed by atoms with van der Waals surface area (Å²) in [6.07, 6.45) is 0.716. The van der Waals surface area contributed by atoms with Crippen molar-refractivity contribution in [2.24, 2.45) is 0 Å². The Bertz CT molecular complexity index is 809. The average Bonchev–Trinajstić information content (AvgIpc) is 2.61. The predicted octanol–water partition coefficient (Wildman–Crippen LogP) is 6.65. The fourth-order valence-corrected chi connectivity index (χ4v) is 9.44. The fraction of sp³-hybridized carbons (Fsp3) is 0.100. The Morgan fingerprint density at radius 3 is 1.20 bits per heavy atom. The van der Waals surface area contributed by atoms with Crippen molar-refractivity contribution >= 4 is 67.9 Å². The summed E-state index contributed by atoms with van der Waals surface area (Å²) in [5.74, 6) is -3.28. The molecule has 0 amide bonds. The molecule has 0 aliphatic carbocycles. The number of hydrogen-bond donors (Lipinski definition) is 0. The third kappa shape index (κ3) is 3.20. The van der Waals surface area contributed by atoms with E-state index < -0.39 is 5.96 Å². The van der Waals surface area contributed by atoms with E-state index in [-0.39, 0.29) is 0 Å². The molecule has 0 aliphatic heterocycles. The van der Waals surface area contributed by atoms with Crippen LogP contribution < -0.4 is 15.9 Å². The van der Waals surface area contributed by atoms with Crippen LogP contribution in [0.15, 0.2) is 72.8 Å². The standard InChI is InChI=1S/C20H17Cl4P/c1-2-25(24,18-9-3-6-15(21)12-18,19-10-4-7-16(22)13-19)20-11-5-8-17(23)14-20/h3-14H,2H2,1H3. The molecule has 0 atom stereocenters. The van der Waals surface area contributed by atoms with Crippen LogP contribution in [0.2, 0.25) is 15.1 Å². The summed E-state index contributed by atoms with van der Waals surface area (Å²) in [5.41, 5.74) is 0. The molecule has 5 heteroatoms. The topological polar surface area (TPSA) is 0 Å². The summed E-state index contributed by atoms with van der Waals surface area (Å²) < 4.78 is 0. The number of rotatable bonds is 4. The van der Waals surface area contributed by atoms with Gasteiger partial charge < -0.3 is 0 Å². The number of hydrogen-bond acceptors (Lipinski definition) is 0. The summed E-state index contributed by atoms with van der Waals surface area (Å²) in [6, 6.07) is 23.4. The zero-order chi connectivity index (χ0) is 18.1. The molecule has 0 N–H and O–H groups in total. The second kappa shape index (κ2) is 7.10. The SMILES string of the molecule is CCP(Cl)(c1cccc(Cl)c1)(c1cccc(Cl)c1)c1cccc(Cl)c1. The van der Waals surface area contributed by atoms with Gasteiger partial charge in [-0.1, -0.05) is 0 Å². The molecule has 3 aromatic rings. The third-order valence-electron chi connectivity index (χ3n) is 4.63. The van der Waals surface area contributed by atoms with Crippen molar-refractivity contribution in [3.63, 3.8) is 0 Å². The van der Waals surface area contributed by atoms with Crippen molar-refractivity contribution in [1.82, 2.24) is 0 Å². The molecule has 0 saturated carbocycles. The summed E-state index contributed by atoms with van der Waals surface area (Å²) >= 11 is 26.7.